The van der Waals surface area contributed by atoms with E-state index in [1.54, 1.807) is 0 Å². The fraction of sp³-hybridized carbons (Fsp3) is 0.455. The minimum atomic E-state index is -3.65. The molecule has 1 aromatic carbocycles. The van der Waals surface area contributed by atoms with Crippen LogP contribution in [0.2, 0.25) is 0 Å². The van der Waals surface area contributed by atoms with Gasteiger partial charge in [0, 0.05) is 20.8 Å². The number of ether oxygens (including phenoxy) is 2. The summed E-state index contributed by atoms with van der Waals surface area (Å²) in [5.41, 5.74) is 0. The van der Waals surface area contributed by atoms with E-state index in [0.717, 1.165) is 12.1 Å². The Hall–Kier alpha value is -1.02. The Labute approximate surface area is 106 Å². The lowest BCUT2D eigenvalue weighted by atomic mass is 10.4. The molecule has 0 amide bonds. The van der Waals surface area contributed by atoms with Crippen LogP contribution in [0, 0.1) is 5.82 Å². The van der Waals surface area contributed by atoms with Crippen molar-refractivity contribution < 1.29 is 22.3 Å². The first kappa shape index (κ1) is 15.0. The molecule has 1 atom stereocenters. The third kappa shape index (κ3) is 4.34. The van der Waals surface area contributed by atoms with Crippen molar-refractivity contribution in [2.24, 2.45) is 0 Å². The summed E-state index contributed by atoms with van der Waals surface area (Å²) in [5.74, 6) is -0.483. The number of methoxy groups -OCH3 is 2. The first-order valence-corrected chi connectivity index (χ1v) is 6.75. The molecule has 0 fully saturated rings. The Balaban J connectivity index is 2.67. The predicted molar refractivity (Wildman–Crippen MR) is 64.3 cm³/mol. The molecule has 1 rings (SSSR count). The van der Waals surface area contributed by atoms with E-state index in [-0.39, 0.29) is 24.2 Å². The predicted octanol–water partition coefficient (Wildman–Crippen LogP) is 0.765. The minimum Gasteiger partial charge on any atom is -0.382 e. The minimum absolute atomic E-state index is 0.0103. The molecular weight excluding hydrogens is 261 g/mol. The van der Waals surface area contributed by atoms with E-state index in [0.29, 0.717) is 0 Å². The molecule has 7 heteroatoms. The van der Waals surface area contributed by atoms with Gasteiger partial charge >= 0.3 is 0 Å². The van der Waals surface area contributed by atoms with Gasteiger partial charge in [-0.3, -0.25) is 0 Å². The molecule has 0 aliphatic rings. The molecule has 0 radical (unpaired) electrons. The molecule has 102 valence electrons. The SMILES string of the molecule is COCC(CNS(=O)(=O)c1ccc(F)cc1)OC. The second-order valence-corrected chi connectivity index (χ2v) is 5.39. The van der Waals surface area contributed by atoms with E-state index < -0.39 is 15.8 Å². The van der Waals surface area contributed by atoms with Crippen LogP contribution in [0.4, 0.5) is 4.39 Å². The number of sulfonamides is 1. The monoisotopic (exact) mass is 277 g/mol. The van der Waals surface area contributed by atoms with Crippen molar-refractivity contribution in [2.75, 3.05) is 27.4 Å². The number of halogens is 1. The third-order valence-electron chi connectivity index (χ3n) is 2.31. The van der Waals surface area contributed by atoms with Crippen LogP contribution >= 0.6 is 0 Å². The number of nitrogens with one attached hydrogen (secondary N) is 1. The van der Waals surface area contributed by atoms with Crippen molar-refractivity contribution in [1.29, 1.82) is 0 Å². The molecule has 18 heavy (non-hydrogen) atoms. The fourth-order valence-electron chi connectivity index (χ4n) is 1.30. The van der Waals surface area contributed by atoms with Crippen LogP contribution in [0.5, 0.6) is 0 Å². The van der Waals surface area contributed by atoms with E-state index in [1.165, 1.54) is 26.4 Å². The second kappa shape index (κ2) is 6.79. The fourth-order valence-corrected chi connectivity index (χ4v) is 2.36. The van der Waals surface area contributed by atoms with Crippen molar-refractivity contribution >= 4 is 10.0 Å². The summed E-state index contributed by atoms with van der Waals surface area (Å²) in [4.78, 5) is 0.0103. The van der Waals surface area contributed by atoms with Gasteiger partial charge in [-0.2, -0.15) is 0 Å². The van der Waals surface area contributed by atoms with Crippen LogP contribution < -0.4 is 4.72 Å². The average molecular weight is 277 g/mol. The van der Waals surface area contributed by atoms with E-state index in [2.05, 4.69) is 4.72 Å². The summed E-state index contributed by atoms with van der Waals surface area (Å²) in [7, 11) is -0.684. The quantitative estimate of drug-likeness (QED) is 0.799. The molecule has 0 bridgehead atoms. The van der Waals surface area contributed by atoms with Crippen LogP contribution in [0.3, 0.4) is 0 Å². The summed E-state index contributed by atoms with van der Waals surface area (Å²) in [6.45, 7) is 0.368. The third-order valence-corrected chi connectivity index (χ3v) is 3.75. The van der Waals surface area contributed by atoms with Crippen LogP contribution in [0.25, 0.3) is 0 Å². The highest BCUT2D eigenvalue weighted by atomic mass is 32.2. The molecule has 0 aliphatic carbocycles. The maximum atomic E-state index is 12.7. The molecule has 0 saturated carbocycles. The van der Waals surface area contributed by atoms with E-state index in [1.807, 2.05) is 0 Å². The van der Waals surface area contributed by atoms with E-state index in [4.69, 9.17) is 9.47 Å². The lowest BCUT2D eigenvalue weighted by Gasteiger charge is -2.15. The molecule has 0 saturated heterocycles. The Morgan fingerprint density at radius 2 is 1.89 bits per heavy atom. The molecule has 0 aliphatic heterocycles. The van der Waals surface area contributed by atoms with Gasteiger partial charge in [-0.15, -0.1) is 0 Å². The summed E-state index contributed by atoms with van der Waals surface area (Å²) >= 11 is 0. The standard InChI is InChI=1S/C11H16FNO4S/c1-16-8-10(17-2)7-13-18(14,15)11-5-3-9(12)4-6-11/h3-6,10,13H,7-8H2,1-2H3. The van der Waals surface area contributed by atoms with Crippen LogP contribution in [0.15, 0.2) is 29.2 Å². The molecule has 0 spiro atoms. The van der Waals surface area contributed by atoms with Gasteiger partial charge in [-0.05, 0) is 24.3 Å². The Morgan fingerprint density at radius 3 is 2.39 bits per heavy atom. The van der Waals surface area contributed by atoms with Crippen molar-refractivity contribution in [3.63, 3.8) is 0 Å². The Morgan fingerprint density at radius 1 is 1.28 bits per heavy atom. The van der Waals surface area contributed by atoms with Crippen LogP contribution in [-0.4, -0.2) is 41.9 Å². The van der Waals surface area contributed by atoms with Gasteiger partial charge in [0.2, 0.25) is 10.0 Å². The molecule has 0 heterocycles. The zero-order valence-electron chi connectivity index (χ0n) is 10.2. The van der Waals surface area contributed by atoms with Crippen LogP contribution in [0.1, 0.15) is 0 Å². The van der Waals surface area contributed by atoms with Crippen LogP contribution in [-0.2, 0) is 19.5 Å². The van der Waals surface area contributed by atoms with E-state index in [9.17, 15) is 12.8 Å². The van der Waals surface area contributed by atoms with E-state index >= 15 is 0 Å². The lowest BCUT2D eigenvalue weighted by molar-refractivity contribution is 0.0320. The topological polar surface area (TPSA) is 64.6 Å². The maximum Gasteiger partial charge on any atom is 0.240 e. The number of benzene rings is 1. The molecular formula is C11H16FNO4S. The van der Waals surface area contributed by atoms with Gasteiger partial charge in [0.15, 0.2) is 0 Å². The van der Waals surface area contributed by atoms with Gasteiger partial charge in [0.25, 0.3) is 0 Å². The van der Waals surface area contributed by atoms with Gasteiger partial charge in [0.1, 0.15) is 5.82 Å². The van der Waals surface area contributed by atoms with Crippen molar-refractivity contribution in [1.82, 2.24) is 4.72 Å². The normalized spacial score (nSPS) is 13.5. The zero-order chi connectivity index (χ0) is 13.6. The van der Waals surface area contributed by atoms with Gasteiger partial charge in [-0.1, -0.05) is 0 Å². The number of hydrogen-bond donors (Lipinski definition) is 1. The molecule has 5 nitrogen and oxygen atoms in total. The Kier molecular flexibility index (Phi) is 5.67. The maximum absolute atomic E-state index is 12.7. The highest BCUT2D eigenvalue weighted by molar-refractivity contribution is 7.89. The highest BCUT2D eigenvalue weighted by Crippen LogP contribution is 2.09. The van der Waals surface area contributed by atoms with Crippen molar-refractivity contribution in [2.45, 2.75) is 11.0 Å². The van der Waals surface area contributed by atoms with Gasteiger partial charge < -0.3 is 9.47 Å². The largest absolute Gasteiger partial charge is 0.382 e. The number of hydrogen-bond acceptors (Lipinski definition) is 4. The lowest BCUT2D eigenvalue weighted by Crippen LogP contribution is -2.35. The molecule has 1 unspecified atom stereocenters. The molecule has 1 aromatic rings. The average Bonchev–Trinajstić information content (AvgIpc) is 2.35. The van der Waals surface area contributed by atoms with Gasteiger partial charge in [0.05, 0.1) is 17.6 Å². The highest BCUT2D eigenvalue weighted by Gasteiger charge is 2.16. The summed E-state index contributed by atoms with van der Waals surface area (Å²) in [6, 6.07) is 4.60. The smallest absolute Gasteiger partial charge is 0.240 e. The second-order valence-electron chi connectivity index (χ2n) is 3.62. The Bertz CT molecular complexity index is 460. The molecule has 0 aromatic heterocycles. The summed E-state index contributed by atoms with van der Waals surface area (Å²) in [6.07, 6.45) is -0.370. The number of rotatable bonds is 7. The first-order valence-electron chi connectivity index (χ1n) is 5.26. The summed E-state index contributed by atoms with van der Waals surface area (Å²) < 4.78 is 48.6. The molecule has 1 N–H and O–H groups in total. The van der Waals surface area contributed by atoms with Crippen molar-refractivity contribution in [3.05, 3.63) is 30.1 Å². The summed E-state index contributed by atoms with van der Waals surface area (Å²) in [5, 5.41) is 0. The van der Waals surface area contributed by atoms with Crippen molar-refractivity contribution in [3.8, 4) is 0 Å². The first-order chi connectivity index (χ1) is 8.49. The van der Waals surface area contributed by atoms with Gasteiger partial charge in [-0.25, -0.2) is 17.5 Å². The zero-order valence-corrected chi connectivity index (χ0v) is 11.0.